The van der Waals surface area contributed by atoms with E-state index in [0.717, 1.165) is 6.54 Å². The van der Waals surface area contributed by atoms with Crippen molar-refractivity contribution in [1.82, 2.24) is 15.2 Å². The number of furan rings is 1. The fourth-order valence-electron chi connectivity index (χ4n) is 1.72. The van der Waals surface area contributed by atoms with Crippen molar-refractivity contribution >= 4 is 10.0 Å². The molecule has 1 aromatic rings. The van der Waals surface area contributed by atoms with E-state index >= 15 is 0 Å². The Bertz CT molecular complexity index is 494. The molecule has 2 heterocycles. The Morgan fingerprint density at radius 1 is 1.32 bits per heavy atom. The van der Waals surface area contributed by atoms with Crippen LogP contribution < -0.4 is 10.1 Å². The van der Waals surface area contributed by atoms with Crippen LogP contribution in [0.3, 0.4) is 0 Å². The van der Waals surface area contributed by atoms with E-state index in [2.05, 4.69) is 10.1 Å². The van der Waals surface area contributed by atoms with Crippen molar-refractivity contribution in [3.63, 3.8) is 0 Å². The van der Waals surface area contributed by atoms with Gasteiger partial charge in [-0.15, -0.1) is 4.83 Å². The monoisotopic (exact) mass is 289 g/mol. The predicted molar refractivity (Wildman–Crippen MR) is 68.8 cm³/mol. The highest BCUT2D eigenvalue weighted by molar-refractivity contribution is 7.89. The van der Waals surface area contributed by atoms with Crippen molar-refractivity contribution in [2.45, 2.75) is 18.6 Å². The second-order valence-corrected chi connectivity index (χ2v) is 5.79. The molecule has 108 valence electrons. The van der Waals surface area contributed by atoms with Gasteiger partial charge < -0.3 is 14.5 Å². The molecule has 1 aliphatic heterocycles. The summed E-state index contributed by atoms with van der Waals surface area (Å²) in [5.41, 5.74) is 0. The lowest BCUT2D eigenvalue weighted by Gasteiger charge is -2.26. The third kappa shape index (κ3) is 4.02. The summed E-state index contributed by atoms with van der Waals surface area (Å²) in [6.45, 7) is 5.39. The van der Waals surface area contributed by atoms with Crippen molar-refractivity contribution in [3.8, 4) is 0 Å². The average molecular weight is 289 g/mol. The van der Waals surface area contributed by atoms with Crippen molar-refractivity contribution in [3.05, 3.63) is 17.9 Å². The highest BCUT2D eigenvalue weighted by Crippen LogP contribution is 2.14. The van der Waals surface area contributed by atoms with E-state index in [-0.39, 0.29) is 5.09 Å². The molecule has 1 aromatic heterocycles. The van der Waals surface area contributed by atoms with Crippen LogP contribution in [0.2, 0.25) is 0 Å². The van der Waals surface area contributed by atoms with Gasteiger partial charge in [-0.3, -0.25) is 0 Å². The summed E-state index contributed by atoms with van der Waals surface area (Å²) in [6, 6.07) is 3.13. The maximum Gasteiger partial charge on any atom is 0.286 e. The molecule has 0 bridgehead atoms. The van der Waals surface area contributed by atoms with Gasteiger partial charge in [-0.1, -0.05) is 6.92 Å². The van der Waals surface area contributed by atoms with Gasteiger partial charge in [0, 0.05) is 13.1 Å². The Balaban J connectivity index is 1.99. The summed E-state index contributed by atoms with van der Waals surface area (Å²) in [7, 11) is -3.64. The first-order valence-corrected chi connectivity index (χ1v) is 7.74. The molecule has 2 rings (SSSR count). The molecule has 2 N–H and O–H groups in total. The smallest absolute Gasteiger partial charge is 0.286 e. The molecule has 0 aromatic carbocycles. The molecule has 0 radical (unpaired) electrons. The minimum atomic E-state index is -3.64. The minimum Gasteiger partial charge on any atom is -0.447 e. The molecular formula is C11H19N3O4S. The van der Waals surface area contributed by atoms with Crippen molar-refractivity contribution in [1.29, 1.82) is 0 Å². The Kier molecular flexibility index (Phi) is 4.94. The molecule has 0 amide bonds. The van der Waals surface area contributed by atoms with Gasteiger partial charge in [-0.25, -0.2) is 13.4 Å². The maximum atomic E-state index is 12.1. The van der Waals surface area contributed by atoms with E-state index in [0.29, 0.717) is 38.6 Å². The first-order chi connectivity index (χ1) is 9.12. The van der Waals surface area contributed by atoms with Gasteiger partial charge in [0.25, 0.3) is 10.0 Å². The number of nitrogens with zero attached hydrogens (tertiary/aromatic N) is 1. The zero-order chi connectivity index (χ0) is 13.7. The quantitative estimate of drug-likeness (QED) is 0.762. The second kappa shape index (κ2) is 6.49. The summed E-state index contributed by atoms with van der Waals surface area (Å²) in [5.74, 6) is 0.601. The number of rotatable bonds is 6. The van der Waals surface area contributed by atoms with Crippen LogP contribution >= 0.6 is 0 Å². The van der Waals surface area contributed by atoms with Crippen LogP contribution in [0.4, 0.5) is 0 Å². The molecule has 1 fully saturated rings. The average Bonchev–Trinajstić information content (AvgIpc) is 2.86. The lowest BCUT2D eigenvalue weighted by Crippen LogP contribution is -2.48. The van der Waals surface area contributed by atoms with Crippen molar-refractivity contribution in [2.75, 3.05) is 32.8 Å². The second-order valence-electron chi connectivity index (χ2n) is 4.20. The van der Waals surface area contributed by atoms with Crippen LogP contribution in [-0.2, 0) is 21.3 Å². The van der Waals surface area contributed by atoms with Crippen LogP contribution in [0.15, 0.2) is 21.6 Å². The number of nitrogens with one attached hydrogen (secondary N) is 2. The third-order valence-corrected chi connectivity index (χ3v) is 3.96. The fraction of sp³-hybridized carbons (Fsp3) is 0.636. The highest BCUT2D eigenvalue weighted by Gasteiger charge is 2.23. The molecule has 1 aliphatic rings. The first-order valence-electron chi connectivity index (χ1n) is 6.26. The van der Waals surface area contributed by atoms with Crippen LogP contribution in [0.25, 0.3) is 0 Å². The molecule has 8 heteroatoms. The van der Waals surface area contributed by atoms with Gasteiger partial charge in [0.15, 0.2) is 0 Å². The van der Waals surface area contributed by atoms with E-state index in [4.69, 9.17) is 9.15 Å². The molecule has 0 unspecified atom stereocenters. The number of hydrogen-bond donors (Lipinski definition) is 2. The van der Waals surface area contributed by atoms with Crippen LogP contribution in [0.5, 0.6) is 0 Å². The standard InChI is InChI=1S/C11H19N3O4S/c1-2-12-9-10-3-4-11(18-10)19(15,16)13-14-5-7-17-8-6-14/h3-4,12-13H,2,5-9H2,1H3. The Morgan fingerprint density at radius 3 is 2.74 bits per heavy atom. The van der Waals surface area contributed by atoms with Gasteiger partial charge >= 0.3 is 0 Å². The molecule has 19 heavy (non-hydrogen) atoms. The normalized spacial score (nSPS) is 17.7. The van der Waals surface area contributed by atoms with Crippen LogP contribution in [-0.4, -0.2) is 46.3 Å². The summed E-state index contributed by atoms with van der Waals surface area (Å²) in [6.07, 6.45) is 0. The van der Waals surface area contributed by atoms with E-state index in [1.165, 1.54) is 6.07 Å². The SMILES string of the molecule is CCNCc1ccc(S(=O)(=O)NN2CCOCC2)o1. The van der Waals surface area contributed by atoms with Gasteiger partial charge in [0.05, 0.1) is 19.8 Å². The number of sulfonamides is 1. The highest BCUT2D eigenvalue weighted by atomic mass is 32.2. The number of hydrogen-bond acceptors (Lipinski definition) is 6. The van der Waals surface area contributed by atoms with Gasteiger partial charge in [0.1, 0.15) is 5.76 Å². The lowest BCUT2D eigenvalue weighted by atomic mass is 10.4. The van der Waals surface area contributed by atoms with Crippen LogP contribution in [0, 0.1) is 0 Å². The number of hydrazine groups is 1. The maximum absolute atomic E-state index is 12.1. The number of ether oxygens (including phenoxy) is 1. The fourth-order valence-corrected chi connectivity index (χ4v) is 2.79. The molecule has 0 saturated carbocycles. The molecule has 1 saturated heterocycles. The molecule has 0 spiro atoms. The predicted octanol–water partition coefficient (Wildman–Crippen LogP) is -0.0854. The number of morpholine rings is 1. The molecule has 7 nitrogen and oxygen atoms in total. The molecule has 0 aliphatic carbocycles. The topological polar surface area (TPSA) is 83.8 Å². The Hall–Kier alpha value is -0.930. The molecular weight excluding hydrogens is 270 g/mol. The summed E-state index contributed by atoms with van der Waals surface area (Å²) < 4.78 is 34.6. The summed E-state index contributed by atoms with van der Waals surface area (Å²) in [4.78, 5) is 2.49. The summed E-state index contributed by atoms with van der Waals surface area (Å²) >= 11 is 0. The van der Waals surface area contributed by atoms with Gasteiger partial charge in [-0.05, 0) is 18.7 Å². The van der Waals surface area contributed by atoms with E-state index in [1.807, 2.05) is 6.92 Å². The third-order valence-electron chi connectivity index (χ3n) is 2.71. The lowest BCUT2D eigenvalue weighted by molar-refractivity contribution is 0.0270. The zero-order valence-electron chi connectivity index (χ0n) is 10.9. The van der Waals surface area contributed by atoms with Gasteiger partial charge in [-0.2, -0.15) is 0 Å². The van der Waals surface area contributed by atoms with E-state index in [9.17, 15) is 8.42 Å². The van der Waals surface area contributed by atoms with Crippen molar-refractivity contribution in [2.24, 2.45) is 0 Å². The molecule has 0 atom stereocenters. The Morgan fingerprint density at radius 2 is 2.05 bits per heavy atom. The van der Waals surface area contributed by atoms with Crippen molar-refractivity contribution < 1.29 is 17.6 Å². The minimum absolute atomic E-state index is 0.0631. The van der Waals surface area contributed by atoms with Gasteiger partial charge in [0.2, 0.25) is 5.09 Å². The van der Waals surface area contributed by atoms with E-state index < -0.39 is 10.0 Å². The largest absolute Gasteiger partial charge is 0.447 e. The summed E-state index contributed by atoms with van der Waals surface area (Å²) in [5, 5.41) is 4.63. The van der Waals surface area contributed by atoms with E-state index in [1.54, 1.807) is 11.1 Å². The Labute approximate surface area is 112 Å². The van der Waals surface area contributed by atoms with Crippen LogP contribution in [0.1, 0.15) is 12.7 Å². The zero-order valence-corrected chi connectivity index (χ0v) is 11.7. The first kappa shape index (κ1) is 14.5.